The molecular formula is C30H41FN2O5. The number of aryl methyl sites for hydroxylation is 1. The first kappa shape index (κ1) is 28.5. The molecular weight excluding hydrogens is 487 g/mol. The zero-order valence-corrected chi connectivity index (χ0v) is 22.4. The summed E-state index contributed by atoms with van der Waals surface area (Å²) in [6.07, 6.45) is 3.21. The van der Waals surface area contributed by atoms with Crippen LogP contribution in [-0.4, -0.2) is 60.0 Å². The average molecular weight is 529 g/mol. The van der Waals surface area contributed by atoms with Crippen molar-refractivity contribution < 1.29 is 28.9 Å². The largest absolute Gasteiger partial charge is 0.454 e. The van der Waals surface area contributed by atoms with Gasteiger partial charge in [-0.1, -0.05) is 30.3 Å². The predicted molar refractivity (Wildman–Crippen MR) is 143 cm³/mol. The SMILES string of the molecule is COCCCC[C@@](O)(c1cccc(Oc2ccccc2C)c1F)C1CCCN(C(=O)[C@H]2C[C@@H](N)[C@@H](O)C2)C1. The number of carbonyl (C=O) groups is 1. The van der Waals surface area contributed by atoms with E-state index in [0.29, 0.717) is 64.0 Å². The number of aliphatic hydroxyl groups is 2. The van der Waals surface area contributed by atoms with E-state index in [9.17, 15) is 15.0 Å². The van der Waals surface area contributed by atoms with Gasteiger partial charge in [0.05, 0.1) is 11.7 Å². The maximum atomic E-state index is 16.1. The van der Waals surface area contributed by atoms with Crippen molar-refractivity contribution >= 4 is 5.91 Å². The van der Waals surface area contributed by atoms with E-state index in [-0.39, 0.29) is 29.1 Å². The molecule has 0 spiro atoms. The van der Waals surface area contributed by atoms with Crippen molar-refractivity contribution in [2.24, 2.45) is 17.6 Å². The summed E-state index contributed by atoms with van der Waals surface area (Å²) in [6.45, 7) is 3.35. The van der Waals surface area contributed by atoms with Gasteiger partial charge >= 0.3 is 0 Å². The minimum absolute atomic E-state index is 0.0412. The van der Waals surface area contributed by atoms with Crippen molar-refractivity contribution in [3.63, 3.8) is 0 Å². The molecule has 4 rings (SSSR count). The molecule has 8 heteroatoms. The zero-order valence-electron chi connectivity index (χ0n) is 22.4. The van der Waals surface area contributed by atoms with Crippen LogP contribution in [0.25, 0.3) is 0 Å². The lowest BCUT2D eigenvalue weighted by molar-refractivity contribution is -0.141. The Kier molecular flexibility index (Phi) is 9.41. The van der Waals surface area contributed by atoms with Crippen molar-refractivity contribution in [2.45, 2.75) is 69.6 Å². The van der Waals surface area contributed by atoms with Gasteiger partial charge in [0.15, 0.2) is 11.6 Å². The van der Waals surface area contributed by atoms with Crippen LogP contribution in [0.5, 0.6) is 11.5 Å². The number of amides is 1. The molecule has 0 bridgehead atoms. The highest BCUT2D eigenvalue weighted by atomic mass is 19.1. The molecule has 7 nitrogen and oxygen atoms in total. The first-order chi connectivity index (χ1) is 18.2. The summed E-state index contributed by atoms with van der Waals surface area (Å²) >= 11 is 0. The summed E-state index contributed by atoms with van der Waals surface area (Å²) < 4.78 is 27.2. The summed E-state index contributed by atoms with van der Waals surface area (Å²) in [5, 5.41) is 22.3. The fourth-order valence-corrected chi connectivity index (χ4v) is 5.99. The number of unbranched alkanes of at least 4 members (excludes halogenated alkanes) is 1. The number of aliphatic hydroxyl groups excluding tert-OH is 1. The van der Waals surface area contributed by atoms with Crippen LogP contribution in [0.15, 0.2) is 42.5 Å². The summed E-state index contributed by atoms with van der Waals surface area (Å²) in [5.41, 5.74) is 5.54. The van der Waals surface area contributed by atoms with Crippen LogP contribution in [0.3, 0.4) is 0 Å². The smallest absolute Gasteiger partial charge is 0.225 e. The van der Waals surface area contributed by atoms with Crippen LogP contribution < -0.4 is 10.5 Å². The molecule has 1 amide bonds. The monoisotopic (exact) mass is 528 g/mol. The molecule has 2 aromatic rings. The van der Waals surface area contributed by atoms with Gasteiger partial charge in [0.1, 0.15) is 5.75 Å². The normalized spacial score (nSPS) is 25.3. The molecule has 4 N–H and O–H groups in total. The Morgan fingerprint density at radius 2 is 1.92 bits per heavy atom. The molecule has 208 valence electrons. The Balaban J connectivity index is 1.61. The first-order valence-corrected chi connectivity index (χ1v) is 13.7. The second-order valence-electron chi connectivity index (χ2n) is 10.9. The molecule has 0 aromatic heterocycles. The van der Waals surface area contributed by atoms with E-state index in [1.807, 2.05) is 25.1 Å². The maximum Gasteiger partial charge on any atom is 0.225 e. The van der Waals surface area contributed by atoms with Crippen molar-refractivity contribution in [1.29, 1.82) is 0 Å². The summed E-state index contributed by atoms with van der Waals surface area (Å²) in [7, 11) is 1.63. The number of benzene rings is 2. The van der Waals surface area contributed by atoms with E-state index in [1.54, 1.807) is 36.3 Å². The quantitative estimate of drug-likeness (QED) is 0.398. The number of hydrogen-bond acceptors (Lipinski definition) is 6. The molecule has 1 unspecified atom stereocenters. The third kappa shape index (κ3) is 6.20. The van der Waals surface area contributed by atoms with Crippen molar-refractivity contribution in [3.8, 4) is 11.5 Å². The lowest BCUT2D eigenvalue weighted by Gasteiger charge is -2.43. The Bertz CT molecular complexity index is 1090. The van der Waals surface area contributed by atoms with Crippen molar-refractivity contribution in [1.82, 2.24) is 4.90 Å². The van der Waals surface area contributed by atoms with Crippen LogP contribution in [0.2, 0.25) is 0 Å². The molecule has 0 radical (unpaired) electrons. The van der Waals surface area contributed by atoms with E-state index in [4.69, 9.17) is 15.2 Å². The van der Waals surface area contributed by atoms with Crippen molar-refractivity contribution in [3.05, 3.63) is 59.4 Å². The minimum atomic E-state index is -1.49. The van der Waals surface area contributed by atoms with Gasteiger partial charge in [-0.25, -0.2) is 4.39 Å². The fraction of sp³-hybridized carbons (Fsp3) is 0.567. The number of piperidine rings is 1. The highest BCUT2D eigenvalue weighted by molar-refractivity contribution is 5.79. The van der Waals surface area contributed by atoms with E-state index in [1.165, 1.54) is 0 Å². The Hall–Kier alpha value is -2.52. The molecule has 1 saturated carbocycles. The second kappa shape index (κ2) is 12.6. The first-order valence-electron chi connectivity index (χ1n) is 13.7. The Labute approximate surface area is 224 Å². The predicted octanol–water partition coefficient (Wildman–Crippen LogP) is 4.27. The molecule has 5 atom stereocenters. The van der Waals surface area contributed by atoms with Crippen LogP contribution in [0, 0.1) is 24.6 Å². The van der Waals surface area contributed by atoms with Crippen LogP contribution in [0.1, 0.15) is 56.1 Å². The van der Waals surface area contributed by atoms with Gasteiger partial charge in [-0.15, -0.1) is 0 Å². The molecule has 2 fully saturated rings. The van der Waals surface area contributed by atoms with Crippen LogP contribution in [0.4, 0.5) is 4.39 Å². The number of nitrogens with two attached hydrogens (primary N) is 1. The van der Waals surface area contributed by atoms with Gasteiger partial charge in [-0.3, -0.25) is 4.79 Å². The topological polar surface area (TPSA) is 105 Å². The summed E-state index contributed by atoms with van der Waals surface area (Å²) in [4.78, 5) is 15.1. The average Bonchev–Trinajstić information content (AvgIpc) is 3.26. The van der Waals surface area contributed by atoms with Crippen LogP contribution >= 0.6 is 0 Å². The third-order valence-electron chi connectivity index (χ3n) is 8.23. The van der Waals surface area contributed by atoms with Gasteiger partial charge in [0, 0.05) is 50.2 Å². The van der Waals surface area contributed by atoms with Gasteiger partial charge in [0.2, 0.25) is 5.91 Å². The number of methoxy groups -OCH3 is 1. The van der Waals surface area contributed by atoms with Gasteiger partial charge in [0.25, 0.3) is 0 Å². The van der Waals surface area contributed by atoms with E-state index >= 15 is 4.39 Å². The number of ether oxygens (including phenoxy) is 2. The standard InChI is InChI=1S/C30H41FN2O5/c1-20-9-3-4-12-26(20)38-27-13-7-11-23(28(27)31)30(36,14-5-6-16-37-2)22-10-8-15-33(19-22)29(35)21-17-24(32)25(34)18-21/h3-4,7,9,11-13,21-22,24-25,34,36H,5-6,8,10,14-19,32H2,1-2H3/t21-,22?,24+,25-,30-/m0/s1. The highest BCUT2D eigenvalue weighted by Crippen LogP contribution is 2.43. The molecule has 1 heterocycles. The number of halogens is 1. The summed E-state index contributed by atoms with van der Waals surface area (Å²) in [5.74, 6) is -0.690. The molecule has 1 aliphatic carbocycles. The molecule has 1 aliphatic heterocycles. The Morgan fingerprint density at radius 3 is 2.63 bits per heavy atom. The fourth-order valence-electron chi connectivity index (χ4n) is 5.99. The van der Waals surface area contributed by atoms with E-state index < -0.39 is 23.6 Å². The van der Waals surface area contributed by atoms with Crippen LogP contribution in [-0.2, 0) is 15.1 Å². The maximum absolute atomic E-state index is 16.1. The van der Waals surface area contributed by atoms with E-state index in [2.05, 4.69) is 0 Å². The molecule has 2 aliphatic rings. The third-order valence-corrected chi connectivity index (χ3v) is 8.23. The zero-order chi connectivity index (χ0) is 27.3. The number of hydrogen-bond donors (Lipinski definition) is 3. The molecule has 38 heavy (non-hydrogen) atoms. The highest BCUT2D eigenvalue weighted by Gasteiger charge is 2.45. The number of likely N-dealkylation sites (tertiary alicyclic amines) is 1. The van der Waals surface area contributed by atoms with Gasteiger partial charge < -0.3 is 30.3 Å². The lowest BCUT2D eigenvalue weighted by atomic mass is 9.73. The number of carbonyl (C=O) groups excluding carboxylic acids is 1. The number of nitrogens with zero attached hydrogens (tertiary/aromatic N) is 1. The molecule has 2 aromatic carbocycles. The van der Waals surface area contributed by atoms with Gasteiger partial charge in [-0.2, -0.15) is 0 Å². The number of para-hydroxylation sites is 1. The van der Waals surface area contributed by atoms with Crippen molar-refractivity contribution in [2.75, 3.05) is 26.8 Å². The number of rotatable bonds is 10. The lowest BCUT2D eigenvalue weighted by Crippen LogP contribution is -2.49. The molecule has 1 saturated heterocycles. The minimum Gasteiger partial charge on any atom is -0.454 e. The van der Waals surface area contributed by atoms with E-state index in [0.717, 1.165) is 12.0 Å². The second-order valence-corrected chi connectivity index (χ2v) is 10.9. The van der Waals surface area contributed by atoms with Gasteiger partial charge in [-0.05, 0) is 69.6 Å². The Morgan fingerprint density at radius 1 is 1.16 bits per heavy atom. The summed E-state index contributed by atoms with van der Waals surface area (Å²) in [6, 6.07) is 11.9.